The fraction of sp³-hybridized carbons (Fsp3) is 0.435. The van der Waals surface area contributed by atoms with Crippen LogP contribution in [0.25, 0.3) is 0 Å². The van der Waals surface area contributed by atoms with Gasteiger partial charge >= 0.3 is 0 Å². The summed E-state index contributed by atoms with van der Waals surface area (Å²) in [5.41, 5.74) is 3.31. The van der Waals surface area contributed by atoms with E-state index in [1.807, 2.05) is 30.0 Å². The highest BCUT2D eigenvalue weighted by Gasteiger charge is 2.34. The van der Waals surface area contributed by atoms with Gasteiger partial charge in [-0.3, -0.25) is 4.79 Å². The average Bonchev–Trinajstić information content (AvgIpc) is 2.74. The quantitative estimate of drug-likeness (QED) is 0.765. The maximum Gasteiger partial charge on any atom is 0.225 e. The number of nitrogens with zero attached hydrogens (tertiary/aromatic N) is 2. The Morgan fingerprint density at radius 1 is 1.03 bits per heavy atom. The van der Waals surface area contributed by atoms with Crippen molar-refractivity contribution < 1.29 is 4.79 Å². The summed E-state index contributed by atoms with van der Waals surface area (Å²) >= 11 is 12.7. The second kappa shape index (κ2) is 8.95. The van der Waals surface area contributed by atoms with Gasteiger partial charge < -0.3 is 15.1 Å². The first kappa shape index (κ1) is 20.5. The molecule has 2 saturated heterocycles. The third kappa shape index (κ3) is 4.55. The Hall–Kier alpha value is -1.75. The van der Waals surface area contributed by atoms with Crippen LogP contribution in [0.5, 0.6) is 0 Å². The van der Waals surface area contributed by atoms with E-state index in [1.54, 1.807) is 0 Å². The minimum atomic E-state index is 0.0480. The molecule has 0 unspecified atom stereocenters. The first-order valence-corrected chi connectivity index (χ1v) is 11.1. The van der Waals surface area contributed by atoms with Crippen LogP contribution in [0.15, 0.2) is 42.5 Å². The predicted octanol–water partition coefficient (Wildman–Crippen LogP) is 4.69. The number of hydrogen-bond acceptors (Lipinski definition) is 3. The molecule has 0 bridgehead atoms. The minimum Gasteiger partial charge on any atom is -0.360 e. The van der Waals surface area contributed by atoms with Crippen molar-refractivity contribution in [2.24, 2.45) is 5.92 Å². The monoisotopic (exact) mass is 431 g/mol. The molecule has 0 saturated carbocycles. The van der Waals surface area contributed by atoms with E-state index < -0.39 is 0 Å². The van der Waals surface area contributed by atoms with Crippen molar-refractivity contribution in [3.8, 4) is 0 Å². The van der Waals surface area contributed by atoms with Crippen LogP contribution in [-0.4, -0.2) is 43.5 Å². The van der Waals surface area contributed by atoms with Gasteiger partial charge in [0.25, 0.3) is 0 Å². The van der Waals surface area contributed by atoms with E-state index in [-0.39, 0.29) is 12.0 Å². The second-order valence-corrected chi connectivity index (χ2v) is 8.87. The number of benzene rings is 2. The summed E-state index contributed by atoms with van der Waals surface area (Å²) in [5.74, 6) is 0.428. The number of nitrogens with one attached hydrogen (secondary N) is 1. The SMILES string of the molecule is Cc1ccc(N2CCN(C(=O)C3CCNCC3)C[C@H]2c2ccc(Cl)cc2)c(Cl)c1. The molecule has 2 aromatic rings. The average molecular weight is 432 g/mol. The molecule has 1 N–H and O–H groups in total. The van der Waals surface area contributed by atoms with Crippen molar-refractivity contribution in [3.05, 3.63) is 63.6 Å². The van der Waals surface area contributed by atoms with Crippen LogP contribution >= 0.6 is 23.2 Å². The van der Waals surface area contributed by atoms with Gasteiger partial charge in [-0.2, -0.15) is 0 Å². The van der Waals surface area contributed by atoms with Gasteiger partial charge in [0.2, 0.25) is 5.91 Å². The Labute approximate surface area is 182 Å². The van der Waals surface area contributed by atoms with Gasteiger partial charge in [0.1, 0.15) is 0 Å². The molecule has 1 atom stereocenters. The minimum absolute atomic E-state index is 0.0480. The molecule has 2 aliphatic heterocycles. The summed E-state index contributed by atoms with van der Waals surface area (Å²) in [6, 6.07) is 14.2. The maximum atomic E-state index is 13.2. The van der Waals surface area contributed by atoms with Crippen molar-refractivity contribution in [2.75, 3.05) is 37.6 Å². The van der Waals surface area contributed by atoms with Crippen molar-refractivity contribution in [2.45, 2.75) is 25.8 Å². The van der Waals surface area contributed by atoms with E-state index in [0.29, 0.717) is 17.5 Å². The molecular weight excluding hydrogens is 405 g/mol. The lowest BCUT2D eigenvalue weighted by Gasteiger charge is -2.44. The highest BCUT2D eigenvalue weighted by Crippen LogP contribution is 2.36. The number of anilines is 1. The van der Waals surface area contributed by atoms with Gasteiger partial charge in [-0.25, -0.2) is 0 Å². The Morgan fingerprint density at radius 3 is 2.45 bits per heavy atom. The van der Waals surface area contributed by atoms with E-state index in [9.17, 15) is 4.79 Å². The standard InChI is InChI=1S/C23H27Cl2N3O/c1-16-2-7-21(20(25)14-16)28-13-12-27(23(29)18-8-10-26-11-9-18)15-22(28)17-3-5-19(24)6-4-17/h2-7,14,18,22,26H,8-13,15H2,1H3/t22-/m0/s1. The first-order valence-electron chi connectivity index (χ1n) is 10.3. The summed E-state index contributed by atoms with van der Waals surface area (Å²) in [6.45, 7) is 6.03. The van der Waals surface area contributed by atoms with E-state index in [0.717, 1.165) is 60.9 Å². The Kier molecular flexibility index (Phi) is 6.33. The van der Waals surface area contributed by atoms with E-state index in [1.165, 1.54) is 0 Å². The fourth-order valence-corrected chi connectivity index (χ4v) is 4.88. The fourth-order valence-electron chi connectivity index (χ4n) is 4.41. The summed E-state index contributed by atoms with van der Waals surface area (Å²) in [7, 11) is 0. The smallest absolute Gasteiger partial charge is 0.225 e. The molecule has 6 heteroatoms. The number of aryl methyl sites for hydroxylation is 1. The maximum absolute atomic E-state index is 13.2. The van der Waals surface area contributed by atoms with Crippen LogP contribution in [-0.2, 0) is 4.79 Å². The van der Waals surface area contributed by atoms with Crippen LogP contribution in [0.1, 0.15) is 30.0 Å². The van der Waals surface area contributed by atoms with Crippen molar-refractivity contribution in [3.63, 3.8) is 0 Å². The molecule has 4 rings (SSSR count). The van der Waals surface area contributed by atoms with Gasteiger partial charge in [0.05, 0.1) is 16.8 Å². The first-order chi connectivity index (χ1) is 14.0. The van der Waals surface area contributed by atoms with Crippen LogP contribution in [0.3, 0.4) is 0 Å². The summed E-state index contributed by atoms with van der Waals surface area (Å²) in [5, 5.41) is 4.81. The summed E-state index contributed by atoms with van der Waals surface area (Å²) in [4.78, 5) is 17.6. The number of rotatable bonds is 3. The molecule has 2 heterocycles. The molecule has 29 heavy (non-hydrogen) atoms. The highest BCUT2D eigenvalue weighted by molar-refractivity contribution is 6.33. The predicted molar refractivity (Wildman–Crippen MR) is 120 cm³/mol. The lowest BCUT2D eigenvalue weighted by molar-refractivity contribution is -0.137. The molecule has 0 aromatic heterocycles. The number of halogens is 2. The zero-order chi connectivity index (χ0) is 20.4. The van der Waals surface area contributed by atoms with Crippen LogP contribution in [0.4, 0.5) is 5.69 Å². The molecule has 2 aromatic carbocycles. The number of piperazine rings is 1. The van der Waals surface area contributed by atoms with Gasteiger partial charge in [-0.1, -0.05) is 41.4 Å². The molecule has 0 spiro atoms. The van der Waals surface area contributed by atoms with Crippen LogP contribution in [0, 0.1) is 12.8 Å². The van der Waals surface area contributed by atoms with Crippen molar-refractivity contribution >= 4 is 34.8 Å². The van der Waals surface area contributed by atoms with Gasteiger partial charge in [-0.15, -0.1) is 0 Å². The molecular formula is C23H27Cl2N3O. The number of carbonyl (C=O) groups is 1. The highest BCUT2D eigenvalue weighted by atomic mass is 35.5. The normalized spacial score (nSPS) is 20.7. The van der Waals surface area contributed by atoms with Crippen LogP contribution in [0.2, 0.25) is 10.0 Å². The molecule has 0 radical (unpaired) electrons. The van der Waals surface area contributed by atoms with Crippen molar-refractivity contribution in [1.82, 2.24) is 10.2 Å². The van der Waals surface area contributed by atoms with E-state index >= 15 is 0 Å². The lowest BCUT2D eigenvalue weighted by Crippen LogP contribution is -2.53. The summed E-state index contributed by atoms with van der Waals surface area (Å²) < 4.78 is 0. The Bertz CT molecular complexity index is 865. The second-order valence-electron chi connectivity index (χ2n) is 8.02. The van der Waals surface area contributed by atoms with Crippen molar-refractivity contribution in [1.29, 1.82) is 0 Å². The van der Waals surface area contributed by atoms with E-state index in [4.69, 9.17) is 23.2 Å². The zero-order valence-corrected chi connectivity index (χ0v) is 18.2. The van der Waals surface area contributed by atoms with Gasteiger partial charge in [-0.05, 0) is 68.2 Å². The number of carbonyl (C=O) groups excluding carboxylic acids is 1. The molecule has 2 fully saturated rings. The topological polar surface area (TPSA) is 35.6 Å². The zero-order valence-electron chi connectivity index (χ0n) is 16.7. The number of hydrogen-bond donors (Lipinski definition) is 1. The molecule has 154 valence electrons. The molecule has 4 nitrogen and oxygen atoms in total. The third-order valence-corrected chi connectivity index (χ3v) is 6.60. The Morgan fingerprint density at radius 2 is 1.76 bits per heavy atom. The van der Waals surface area contributed by atoms with Crippen LogP contribution < -0.4 is 10.2 Å². The molecule has 2 aliphatic rings. The number of amides is 1. The molecule has 0 aliphatic carbocycles. The largest absolute Gasteiger partial charge is 0.360 e. The lowest BCUT2D eigenvalue weighted by atomic mass is 9.94. The Balaban J connectivity index is 1.62. The third-order valence-electron chi connectivity index (χ3n) is 6.05. The summed E-state index contributed by atoms with van der Waals surface area (Å²) in [6.07, 6.45) is 1.85. The van der Waals surface area contributed by atoms with Gasteiger partial charge in [0.15, 0.2) is 0 Å². The molecule has 1 amide bonds. The number of piperidine rings is 1. The van der Waals surface area contributed by atoms with E-state index in [2.05, 4.69) is 34.5 Å². The van der Waals surface area contributed by atoms with Gasteiger partial charge in [0, 0.05) is 30.6 Å².